The van der Waals surface area contributed by atoms with E-state index in [4.69, 9.17) is 16.4 Å². The van der Waals surface area contributed by atoms with Gasteiger partial charge in [0.1, 0.15) is 29.1 Å². The lowest BCUT2D eigenvalue weighted by atomic mass is 10.1. The van der Waals surface area contributed by atoms with Crippen LogP contribution in [0.4, 0.5) is 23.4 Å². The van der Waals surface area contributed by atoms with Gasteiger partial charge in [0.2, 0.25) is 0 Å². The van der Waals surface area contributed by atoms with Gasteiger partial charge in [-0.3, -0.25) is 0 Å². The molecule has 1 aliphatic rings. The molecule has 1 aromatic carbocycles. The molecule has 0 spiro atoms. The van der Waals surface area contributed by atoms with E-state index in [0.29, 0.717) is 29.7 Å². The van der Waals surface area contributed by atoms with Crippen molar-refractivity contribution in [3.63, 3.8) is 0 Å². The van der Waals surface area contributed by atoms with Crippen molar-refractivity contribution < 1.29 is 22.4 Å². The van der Waals surface area contributed by atoms with E-state index in [0.717, 1.165) is 6.07 Å². The van der Waals surface area contributed by atoms with E-state index >= 15 is 0 Å². The molecule has 1 aliphatic heterocycles. The fourth-order valence-electron chi connectivity index (χ4n) is 2.84. The van der Waals surface area contributed by atoms with E-state index in [1.54, 1.807) is 29.1 Å². The molecule has 0 saturated carbocycles. The third-order valence-corrected chi connectivity index (χ3v) is 4.66. The summed E-state index contributed by atoms with van der Waals surface area (Å²) in [6, 6.07) is 8.47. The summed E-state index contributed by atoms with van der Waals surface area (Å²) in [5, 5.41) is 11.2. The Morgan fingerprint density at radius 3 is 2.67 bits per heavy atom. The number of hydrogen-bond donors (Lipinski definition) is 1. The molecular weight excluding hydrogens is 426 g/mol. The Labute approximate surface area is 173 Å². The number of pyridine rings is 1. The van der Waals surface area contributed by atoms with Gasteiger partial charge in [-0.05, 0) is 36.4 Å². The van der Waals surface area contributed by atoms with Crippen molar-refractivity contribution in [3.8, 4) is 5.69 Å². The maximum atomic E-state index is 13.1. The maximum absolute atomic E-state index is 13.1. The normalized spacial score (nSPS) is 16.3. The molecule has 0 fully saturated rings. The van der Waals surface area contributed by atoms with Crippen molar-refractivity contribution in [3.05, 3.63) is 70.9 Å². The molecular formula is C19H14ClF4N5O. The molecule has 1 unspecified atom stereocenters. The predicted octanol–water partition coefficient (Wildman–Crippen LogP) is 4.68. The Balaban J connectivity index is 1.36. The van der Waals surface area contributed by atoms with Crippen LogP contribution in [0.15, 0.2) is 53.9 Å². The van der Waals surface area contributed by atoms with E-state index < -0.39 is 11.7 Å². The minimum Gasteiger partial charge on any atom is -0.390 e. The van der Waals surface area contributed by atoms with Crippen LogP contribution < -0.4 is 5.32 Å². The van der Waals surface area contributed by atoms with E-state index in [1.165, 1.54) is 12.1 Å². The number of nitrogens with one attached hydrogen (secondary N) is 1. The van der Waals surface area contributed by atoms with Crippen LogP contribution in [-0.2, 0) is 11.0 Å². The first-order chi connectivity index (χ1) is 14.3. The smallest absolute Gasteiger partial charge is 0.390 e. The number of halogens is 5. The SMILES string of the molecule is Fc1ccc(-n2ccc(C3=NOC(CNc4ncc(C(F)(F)F)cc4Cl)C3)n2)cc1. The fourth-order valence-corrected chi connectivity index (χ4v) is 3.07. The van der Waals surface area contributed by atoms with Crippen molar-refractivity contribution in [2.45, 2.75) is 18.7 Å². The average molecular weight is 440 g/mol. The largest absolute Gasteiger partial charge is 0.417 e. The molecule has 0 aliphatic carbocycles. The van der Waals surface area contributed by atoms with Crippen LogP contribution in [0, 0.1) is 5.82 Å². The van der Waals surface area contributed by atoms with Crippen LogP contribution in [0.25, 0.3) is 5.69 Å². The molecule has 156 valence electrons. The van der Waals surface area contributed by atoms with Crippen LogP contribution in [0.1, 0.15) is 17.7 Å². The Morgan fingerprint density at radius 1 is 1.20 bits per heavy atom. The van der Waals surface area contributed by atoms with Gasteiger partial charge in [0.05, 0.1) is 22.8 Å². The summed E-state index contributed by atoms with van der Waals surface area (Å²) in [6.07, 6.45) is -2.00. The number of oxime groups is 1. The third kappa shape index (κ3) is 4.38. The van der Waals surface area contributed by atoms with Crippen molar-refractivity contribution in [2.75, 3.05) is 11.9 Å². The van der Waals surface area contributed by atoms with Crippen molar-refractivity contribution in [1.29, 1.82) is 0 Å². The maximum Gasteiger partial charge on any atom is 0.417 e. The van der Waals surface area contributed by atoms with Crippen LogP contribution >= 0.6 is 11.6 Å². The number of benzene rings is 1. The van der Waals surface area contributed by atoms with E-state index in [1.807, 2.05) is 0 Å². The second-order valence-electron chi connectivity index (χ2n) is 6.52. The molecule has 0 radical (unpaired) electrons. The summed E-state index contributed by atoms with van der Waals surface area (Å²) < 4.78 is 52.7. The highest BCUT2D eigenvalue weighted by molar-refractivity contribution is 6.32. The molecule has 2 aromatic heterocycles. The zero-order valence-electron chi connectivity index (χ0n) is 15.2. The molecule has 1 N–H and O–H groups in total. The standard InChI is InChI=1S/C19H14ClF4N5O/c20-15-7-11(19(22,23)24)9-25-18(15)26-10-14-8-17(28-30-14)16-5-6-29(27-16)13-3-1-12(21)2-4-13/h1-7,9,14H,8,10H2,(H,25,26). The zero-order valence-corrected chi connectivity index (χ0v) is 16.0. The summed E-state index contributed by atoms with van der Waals surface area (Å²) in [6.45, 7) is 0.240. The first-order valence-electron chi connectivity index (χ1n) is 8.81. The van der Waals surface area contributed by atoms with Crippen molar-refractivity contribution in [1.82, 2.24) is 14.8 Å². The number of aromatic nitrogens is 3. The second-order valence-corrected chi connectivity index (χ2v) is 6.93. The summed E-state index contributed by atoms with van der Waals surface area (Å²) in [4.78, 5) is 9.09. The van der Waals surface area contributed by atoms with Gasteiger partial charge in [0, 0.05) is 18.8 Å². The number of hydrogen-bond acceptors (Lipinski definition) is 5. The quantitative estimate of drug-likeness (QED) is 0.586. The summed E-state index contributed by atoms with van der Waals surface area (Å²) in [7, 11) is 0. The summed E-state index contributed by atoms with van der Waals surface area (Å²) >= 11 is 5.89. The average Bonchev–Trinajstić information content (AvgIpc) is 3.36. The van der Waals surface area contributed by atoms with Gasteiger partial charge in [-0.2, -0.15) is 18.3 Å². The predicted molar refractivity (Wildman–Crippen MR) is 102 cm³/mol. The number of nitrogens with zero attached hydrogens (tertiary/aromatic N) is 4. The van der Waals surface area contributed by atoms with E-state index in [-0.39, 0.29) is 29.3 Å². The topological polar surface area (TPSA) is 64.3 Å². The highest BCUT2D eigenvalue weighted by atomic mass is 35.5. The van der Waals surface area contributed by atoms with Gasteiger partial charge in [0.15, 0.2) is 0 Å². The monoisotopic (exact) mass is 439 g/mol. The van der Waals surface area contributed by atoms with E-state index in [9.17, 15) is 17.6 Å². The molecule has 0 saturated heterocycles. The van der Waals surface area contributed by atoms with Gasteiger partial charge in [-0.15, -0.1) is 0 Å². The minimum absolute atomic E-state index is 0.127. The minimum atomic E-state index is -4.51. The second kappa shape index (κ2) is 7.94. The summed E-state index contributed by atoms with van der Waals surface area (Å²) in [5.74, 6) is -0.208. The van der Waals surface area contributed by atoms with Gasteiger partial charge in [0.25, 0.3) is 0 Å². The Kier molecular flexibility index (Phi) is 5.33. The molecule has 1 atom stereocenters. The molecule has 30 heavy (non-hydrogen) atoms. The van der Waals surface area contributed by atoms with Gasteiger partial charge in [-0.25, -0.2) is 14.1 Å². The molecule has 4 rings (SSSR count). The van der Waals surface area contributed by atoms with Gasteiger partial charge >= 0.3 is 6.18 Å². The van der Waals surface area contributed by atoms with Crippen molar-refractivity contribution >= 4 is 23.1 Å². The van der Waals surface area contributed by atoms with Crippen LogP contribution in [-0.4, -0.2) is 33.1 Å². The number of anilines is 1. The van der Waals surface area contributed by atoms with Crippen LogP contribution in [0.5, 0.6) is 0 Å². The third-order valence-electron chi connectivity index (χ3n) is 4.37. The van der Waals surface area contributed by atoms with E-state index in [2.05, 4.69) is 20.6 Å². The fraction of sp³-hybridized carbons (Fsp3) is 0.211. The van der Waals surface area contributed by atoms with Gasteiger partial charge in [-0.1, -0.05) is 16.8 Å². The van der Waals surface area contributed by atoms with Gasteiger partial charge < -0.3 is 10.2 Å². The lowest BCUT2D eigenvalue weighted by molar-refractivity contribution is -0.137. The highest BCUT2D eigenvalue weighted by Gasteiger charge is 2.32. The Bertz CT molecular complexity index is 1080. The lowest BCUT2D eigenvalue weighted by Crippen LogP contribution is -2.21. The molecule has 3 heterocycles. The lowest BCUT2D eigenvalue weighted by Gasteiger charge is -2.13. The van der Waals surface area contributed by atoms with Crippen LogP contribution in [0.3, 0.4) is 0 Å². The number of alkyl halides is 3. The number of rotatable bonds is 5. The molecule has 0 amide bonds. The molecule has 3 aromatic rings. The molecule has 6 nitrogen and oxygen atoms in total. The van der Waals surface area contributed by atoms with Crippen molar-refractivity contribution in [2.24, 2.45) is 5.16 Å². The van der Waals surface area contributed by atoms with Crippen LogP contribution in [0.2, 0.25) is 5.02 Å². The molecule has 11 heteroatoms. The first-order valence-corrected chi connectivity index (χ1v) is 9.18. The molecule has 0 bridgehead atoms. The highest BCUT2D eigenvalue weighted by Crippen LogP contribution is 2.32. The Morgan fingerprint density at radius 2 is 1.97 bits per heavy atom. The first kappa shape index (κ1) is 20.1. The summed E-state index contributed by atoms with van der Waals surface area (Å²) in [5.41, 5.74) is 1.00. The zero-order chi connectivity index (χ0) is 21.3. The Hall–Kier alpha value is -3.14.